The van der Waals surface area contributed by atoms with Crippen LogP contribution in [0.4, 0.5) is 4.39 Å². The standard InChI is InChI=1S/C30H30FN5O4/c1-15(2)10-20-24(27(32)37)23(25-26(34-20)30(3,35-28(25)38)12-16-4-5-16)17-6-9-21-22(11-17)40-29(39)36(21)14-19-8-7-18(31)13-33-19/h6-9,11,13,15-16H,4-5,10,12,14H2,1-3H3,(H2,32,37)(H,35,38)/t30-/m0/s1. The third-order valence-electron chi connectivity index (χ3n) is 7.72. The largest absolute Gasteiger partial charge is 0.420 e. The van der Waals surface area contributed by atoms with Crippen LogP contribution >= 0.6 is 0 Å². The van der Waals surface area contributed by atoms with E-state index >= 15 is 0 Å². The van der Waals surface area contributed by atoms with Crippen molar-refractivity contribution in [1.82, 2.24) is 19.9 Å². The first-order chi connectivity index (χ1) is 19.0. The number of benzene rings is 1. The second-order valence-corrected chi connectivity index (χ2v) is 11.5. The van der Waals surface area contributed by atoms with E-state index in [2.05, 4.69) is 10.3 Å². The summed E-state index contributed by atoms with van der Waals surface area (Å²) in [6.07, 6.45) is 4.60. The summed E-state index contributed by atoms with van der Waals surface area (Å²) in [5, 5.41) is 3.14. The van der Waals surface area contributed by atoms with Gasteiger partial charge in [0.25, 0.3) is 11.8 Å². The number of rotatable bonds is 8. The van der Waals surface area contributed by atoms with Crippen LogP contribution in [-0.4, -0.2) is 26.3 Å². The Balaban J connectivity index is 1.54. The number of hydrogen-bond acceptors (Lipinski definition) is 6. The monoisotopic (exact) mass is 543 g/mol. The lowest BCUT2D eigenvalue weighted by Crippen LogP contribution is -2.37. The maximum Gasteiger partial charge on any atom is 0.420 e. The van der Waals surface area contributed by atoms with E-state index in [1.807, 2.05) is 20.8 Å². The maximum absolute atomic E-state index is 13.5. The Labute approximate surface area is 229 Å². The number of hydrogen-bond donors (Lipinski definition) is 2. The minimum Gasteiger partial charge on any atom is -0.408 e. The first-order valence-corrected chi connectivity index (χ1v) is 13.5. The second-order valence-electron chi connectivity index (χ2n) is 11.5. The first-order valence-electron chi connectivity index (χ1n) is 13.5. The number of fused-ring (bicyclic) bond motifs is 2. The molecule has 1 saturated carbocycles. The molecule has 4 heterocycles. The van der Waals surface area contributed by atoms with Gasteiger partial charge >= 0.3 is 5.76 Å². The smallest absolute Gasteiger partial charge is 0.408 e. The van der Waals surface area contributed by atoms with Gasteiger partial charge in [0.15, 0.2) is 5.58 Å². The number of nitrogens with zero attached hydrogens (tertiary/aromatic N) is 3. The summed E-state index contributed by atoms with van der Waals surface area (Å²) in [7, 11) is 0. The molecular weight excluding hydrogens is 513 g/mol. The molecular formula is C30H30FN5O4. The molecule has 0 bridgehead atoms. The van der Waals surface area contributed by atoms with Gasteiger partial charge in [0.05, 0.1) is 52.0 Å². The molecule has 0 unspecified atom stereocenters. The van der Waals surface area contributed by atoms with Crippen molar-refractivity contribution in [3.63, 3.8) is 0 Å². The first kappa shape index (κ1) is 25.9. The normalized spacial score (nSPS) is 18.4. The molecule has 1 aromatic carbocycles. The number of primary amides is 1. The van der Waals surface area contributed by atoms with E-state index in [9.17, 15) is 18.8 Å². The van der Waals surface area contributed by atoms with Gasteiger partial charge in [-0.2, -0.15) is 0 Å². The number of halogens is 1. The third kappa shape index (κ3) is 4.47. The van der Waals surface area contributed by atoms with Crippen molar-refractivity contribution in [3.05, 3.63) is 81.1 Å². The molecule has 1 aliphatic carbocycles. The van der Waals surface area contributed by atoms with Crippen molar-refractivity contribution < 1.29 is 18.4 Å². The number of pyridine rings is 2. The van der Waals surface area contributed by atoms with Crippen molar-refractivity contribution in [2.24, 2.45) is 17.6 Å². The van der Waals surface area contributed by atoms with Crippen LogP contribution < -0.4 is 16.8 Å². The number of oxazole rings is 1. The van der Waals surface area contributed by atoms with Crippen LogP contribution in [0.5, 0.6) is 0 Å². The van der Waals surface area contributed by atoms with Crippen molar-refractivity contribution in [3.8, 4) is 11.1 Å². The zero-order chi connectivity index (χ0) is 28.3. The molecule has 1 aliphatic heterocycles. The van der Waals surface area contributed by atoms with Crippen molar-refractivity contribution in [1.29, 1.82) is 0 Å². The Hall–Kier alpha value is -4.34. The van der Waals surface area contributed by atoms with Gasteiger partial charge in [0.2, 0.25) is 0 Å². The van der Waals surface area contributed by atoms with E-state index in [0.29, 0.717) is 51.6 Å². The van der Waals surface area contributed by atoms with Crippen molar-refractivity contribution in [2.75, 3.05) is 0 Å². The lowest BCUT2D eigenvalue weighted by atomic mass is 9.85. The highest BCUT2D eigenvalue weighted by atomic mass is 19.1. The van der Waals surface area contributed by atoms with E-state index in [-0.39, 0.29) is 29.5 Å². The predicted octanol–water partition coefficient (Wildman–Crippen LogP) is 4.30. The average Bonchev–Trinajstić information content (AvgIpc) is 3.59. The zero-order valence-corrected chi connectivity index (χ0v) is 22.6. The Morgan fingerprint density at radius 1 is 1.23 bits per heavy atom. The number of nitrogens with two attached hydrogens (primary N) is 1. The van der Waals surface area contributed by atoms with Gasteiger partial charge in [-0.25, -0.2) is 9.18 Å². The fourth-order valence-corrected chi connectivity index (χ4v) is 5.80. The summed E-state index contributed by atoms with van der Waals surface area (Å²) in [5.41, 5.74) is 9.19. The van der Waals surface area contributed by atoms with Gasteiger partial charge in [-0.3, -0.25) is 24.1 Å². The van der Waals surface area contributed by atoms with Crippen molar-refractivity contribution in [2.45, 2.75) is 58.5 Å². The molecule has 2 amide bonds. The Morgan fingerprint density at radius 3 is 2.65 bits per heavy atom. The fraction of sp³-hybridized carbons (Fsp3) is 0.367. The van der Waals surface area contributed by atoms with Gasteiger partial charge in [-0.05, 0) is 61.4 Å². The van der Waals surface area contributed by atoms with Gasteiger partial charge in [-0.15, -0.1) is 0 Å². The molecule has 0 radical (unpaired) electrons. The summed E-state index contributed by atoms with van der Waals surface area (Å²) < 4.78 is 20.3. The zero-order valence-electron chi connectivity index (χ0n) is 22.6. The molecule has 0 saturated heterocycles. The molecule has 6 rings (SSSR count). The quantitative estimate of drug-likeness (QED) is 0.341. The third-order valence-corrected chi connectivity index (χ3v) is 7.72. The predicted molar refractivity (Wildman–Crippen MR) is 146 cm³/mol. The highest BCUT2D eigenvalue weighted by Gasteiger charge is 2.46. The van der Waals surface area contributed by atoms with Crippen LogP contribution in [0.15, 0.2) is 45.7 Å². The van der Waals surface area contributed by atoms with E-state index < -0.39 is 23.0 Å². The molecule has 206 valence electrons. The van der Waals surface area contributed by atoms with Gasteiger partial charge in [0, 0.05) is 5.56 Å². The SMILES string of the molecule is CC(C)Cc1nc2c(c(-c3ccc4c(c3)oc(=O)n4Cc3ccc(F)cn3)c1C(N)=O)C(=O)N[C@@]2(C)CC1CC1. The number of carbonyl (C=O) groups excluding carboxylic acids is 2. The molecule has 3 aromatic heterocycles. The highest BCUT2D eigenvalue weighted by molar-refractivity contribution is 6.12. The second kappa shape index (κ2) is 9.39. The minimum absolute atomic E-state index is 0.0864. The summed E-state index contributed by atoms with van der Waals surface area (Å²) in [4.78, 5) is 48.2. The number of nitrogens with one attached hydrogen (secondary N) is 1. The molecule has 10 heteroatoms. The van der Waals surface area contributed by atoms with Crippen LogP contribution in [0.2, 0.25) is 0 Å². The molecule has 0 spiro atoms. The molecule has 2 aliphatic rings. The summed E-state index contributed by atoms with van der Waals surface area (Å²) >= 11 is 0. The molecule has 1 fully saturated rings. The van der Waals surface area contributed by atoms with E-state index in [1.54, 1.807) is 18.2 Å². The Bertz CT molecular complexity index is 1740. The van der Waals surface area contributed by atoms with Crippen LogP contribution in [0, 0.1) is 17.7 Å². The molecule has 40 heavy (non-hydrogen) atoms. The number of amides is 2. The number of aromatic nitrogens is 3. The molecule has 9 nitrogen and oxygen atoms in total. The lowest BCUT2D eigenvalue weighted by Gasteiger charge is -2.26. The van der Waals surface area contributed by atoms with Gasteiger partial charge < -0.3 is 15.5 Å². The highest BCUT2D eigenvalue weighted by Crippen LogP contribution is 2.46. The van der Waals surface area contributed by atoms with Crippen LogP contribution in [0.1, 0.15) is 77.8 Å². The average molecular weight is 544 g/mol. The Morgan fingerprint density at radius 2 is 2.00 bits per heavy atom. The van der Waals surface area contributed by atoms with Crippen LogP contribution in [0.3, 0.4) is 0 Å². The van der Waals surface area contributed by atoms with Crippen molar-refractivity contribution >= 4 is 22.9 Å². The summed E-state index contributed by atoms with van der Waals surface area (Å²) in [5.74, 6) is -1.35. The van der Waals surface area contributed by atoms with Gasteiger partial charge in [-0.1, -0.05) is 32.8 Å². The Kier molecular flexibility index (Phi) is 6.08. The van der Waals surface area contributed by atoms with Crippen LogP contribution in [0.25, 0.3) is 22.2 Å². The maximum atomic E-state index is 13.5. The fourth-order valence-electron chi connectivity index (χ4n) is 5.80. The van der Waals surface area contributed by atoms with Crippen LogP contribution in [-0.2, 0) is 18.5 Å². The van der Waals surface area contributed by atoms with E-state index in [1.165, 1.54) is 16.7 Å². The van der Waals surface area contributed by atoms with Gasteiger partial charge in [0.1, 0.15) is 5.82 Å². The summed E-state index contributed by atoms with van der Waals surface area (Å²) in [6.45, 7) is 6.14. The van der Waals surface area contributed by atoms with E-state index in [0.717, 1.165) is 25.5 Å². The molecule has 4 aromatic rings. The molecule has 3 N–H and O–H groups in total. The molecule has 1 atom stereocenters. The summed E-state index contributed by atoms with van der Waals surface area (Å²) in [6, 6.07) is 7.88. The lowest BCUT2D eigenvalue weighted by molar-refractivity contribution is 0.0929. The van der Waals surface area contributed by atoms with E-state index in [4.69, 9.17) is 15.1 Å². The minimum atomic E-state index is -0.675. The topological polar surface area (TPSA) is 133 Å². The number of carbonyl (C=O) groups is 2.